The van der Waals surface area contributed by atoms with Gasteiger partial charge in [-0.15, -0.1) is 10.2 Å². The summed E-state index contributed by atoms with van der Waals surface area (Å²) < 4.78 is 2.25. The summed E-state index contributed by atoms with van der Waals surface area (Å²) in [6.07, 6.45) is 7.69. The lowest BCUT2D eigenvalue weighted by Gasteiger charge is -2.59. The molecular formula is C25H25ClN8. The van der Waals surface area contributed by atoms with Crippen LogP contribution in [0.25, 0.3) is 5.69 Å². The zero-order valence-electron chi connectivity index (χ0n) is 19.1. The number of hydrogen-bond acceptors (Lipinski definition) is 7. The summed E-state index contributed by atoms with van der Waals surface area (Å²) in [6.45, 7) is 5.36. The summed E-state index contributed by atoms with van der Waals surface area (Å²) in [6, 6.07) is 8.60. The zero-order chi connectivity index (χ0) is 23.1. The number of aryl methyl sites for hydroxylation is 1. The summed E-state index contributed by atoms with van der Waals surface area (Å²) in [4.78, 5) is 13.5. The largest absolute Gasteiger partial charge is 0.354 e. The van der Waals surface area contributed by atoms with Crippen LogP contribution in [0.1, 0.15) is 54.5 Å². The highest BCUT2D eigenvalue weighted by atomic mass is 35.5. The van der Waals surface area contributed by atoms with Crippen LogP contribution in [0, 0.1) is 23.7 Å². The van der Waals surface area contributed by atoms with Crippen LogP contribution in [0.3, 0.4) is 0 Å². The Hall–Kier alpha value is -3.02. The molecule has 2 aliphatic carbocycles. The van der Waals surface area contributed by atoms with E-state index in [1.807, 2.05) is 25.3 Å². The van der Waals surface area contributed by atoms with Crippen LogP contribution in [0.4, 0.5) is 5.82 Å². The predicted octanol–water partition coefficient (Wildman–Crippen LogP) is 3.77. The maximum absolute atomic E-state index is 9.83. The SMILES string of the molecule is Cc1cncc(N2CC3(CC(c4nnc5n4-c4ccc(Cl)cc4CN(C4(C#N)CC4)C5)C3)C2)n1. The summed E-state index contributed by atoms with van der Waals surface area (Å²) in [5, 5.41) is 19.9. The van der Waals surface area contributed by atoms with Gasteiger partial charge in [-0.3, -0.25) is 14.5 Å². The standard InChI is InChI=1S/C25H25ClN8/c1-16-9-28-10-21(29-16)32-14-24(15-32)7-18(8-24)23-31-30-22-12-33(25(13-27)4-5-25)11-17-6-19(26)2-3-20(17)34(22)23/h2-3,6,9-10,18H,4-5,7-8,11-12,14-15H2,1H3. The van der Waals surface area contributed by atoms with Gasteiger partial charge < -0.3 is 4.90 Å². The lowest BCUT2D eigenvalue weighted by atomic mass is 9.57. The van der Waals surface area contributed by atoms with Gasteiger partial charge in [-0.05, 0) is 56.4 Å². The molecule has 3 aromatic rings. The average Bonchev–Trinajstić information content (AvgIpc) is 3.50. The highest BCUT2D eigenvalue weighted by Crippen LogP contribution is 2.56. The molecule has 4 aliphatic rings. The van der Waals surface area contributed by atoms with Gasteiger partial charge in [-0.25, -0.2) is 4.98 Å². The Bertz CT molecular complexity index is 1340. The van der Waals surface area contributed by atoms with E-state index in [1.54, 1.807) is 6.20 Å². The number of nitrogens with zero attached hydrogens (tertiary/aromatic N) is 8. The minimum absolute atomic E-state index is 0.334. The van der Waals surface area contributed by atoms with Crippen molar-refractivity contribution in [2.45, 2.75) is 57.2 Å². The van der Waals surface area contributed by atoms with E-state index < -0.39 is 0 Å². The highest BCUT2D eigenvalue weighted by Gasteiger charge is 2.55. The first-order valence-electron chi connectivity index (χ1n) is 11.9. The Morgan fingerprint density at radius 3 is 2.68 bits per heavy atom. The lowest BCUT2D eigenvalue weighted by molar-refractivity contribution is 0.0581. The maximum Gasteiger partial charge on any atom is 0.151 e. The van der Waals surface area contributed by atoms with Crippen LogP contribution in [-0.4, -0.2) is 48.3 Å². The number of halogens is 1. The second-order valence-electron chi connectivity index (χ2n) is 10.6. The Balaban J connectivity index is 1.16. The van der Waals surface area contributed by atoms with Crippen LogP contribution in [-0.2, 0) is 13.1 Å². The molecule has 0 unspecified atom stereocenters. The Kier molecular flexibility index (Phi) is 4.19. The number of aromatic nitrogens is 5. The van der Waals surface area contributed by atoms with E-state index in [9.17, 15) is 5.26 Å². The smallest absolute Gasteiger partial charge is 0.151 e. The minimum atomic E-state index is -0.379. The zero-order valence-corrected chi connectivity index (χ0v) is 19.8. The first kappa shape index (κ1) is 20.4. The first-order valence-corrected chi connectivity index (χ1v) is 12.3. The van der Waals surface area contributed by atoms with Crippen LogP contribution >= 0.6 is 11.6 Å². The van der Waals surface area contributed by atoms with Crippen LogP contribution in [0.5, 0.6) is 0 Å². The summed E-state index contributed by atoms with van der Waals surface area (Å²) in [5.74, 6) is 3.32. The Morgan fingerprint density at radius 1 is 1.12 bits per heavy atom. The van der Waals surface area contributed by atoms with Crippen molar-refractivity contribution in [1.29, 1.82) is 5.26 Å². The van der Waals surface area contributed by atoms with Crippen LogP contribution < -0.4 is 4.90 Å². The number of anilines is 1. The summed E-state index contributed by atoms with van der Waals surface area (Å²) in [7, 11) is 0. The maximum atomic E-state index is 9.83. The van der Waals surface area contributed by atoms with Crippen LogP contribution in [0.2, 0.25) is 5.02 Å². The molecule has 2 aliphatic heterocycles. The van der Waals surface area contributed by atoms with Crippen molar-refractivity contribution in [1.82, 2.24) is 29.6 Å². The van der Waals surface area contributed by atoms with Gasteiger partial charge in [0.05, 0.1) is 30.2 Å². The van der Waals surface area contributed by atoms with Crippen molar-refractivity contribution in [2.24, 2.45) is 5.41 Å². The molecular weight excluding hydrogens is 448 g/mol. The molecule has 0 amide bonds. The first-order chi connectivity index (χ1) is 16.5. The summed E-state index contributed by atoms with van der Waals surface area (Å²) >= 11 is 6.38. The van der Waals surface area contributed by atoms with Gasteiger partial charge in [-0.1, -0.05) is 11.6 Å². The molecule has 4 heterocycles. The normalized spacial score (nSPS) is 22.2. The van der Waals surface area contributed by atoms with E-state index >= 15 is 0 Å². The Morgan fingerprint density at radius 2 is 1.94 bits per heavy atom. The lowest BCUT2D eigenvalue weighted by Crippen LogP contribution is -2.62. The molecule has 1 spiro atoms. The van der Waals surface area contributed by atoms with Gasteiger partial charge in [-0.2, -0.15) is 5.26 Å². The fraction of sp³-hybridized carbons (Fsp3) is 0.480. The molecule has 2 saturated carbocycles. The molecule has 3 fully saturated rings. The van der Waals surface area contributed by atoms with Gasteiger partial charge in [0.25, 0.3) is 0 Å². The Labute approximate surface area is 203 Å². The third kappa shape index (κ3) is 3.00. The second kappa shape index (κ2) is 7.00. The fourth-order valence-electron chi connectivity index (χ4n) is 6.16. The highest BCUT2D eigenvalue weighted by molar-refractivity contribution is 6.30. The fourth-order valence-corrected chi connectivity index (χ4v) is 6.36. The third-order valence-electron chi connectivity index (χ3n) is 8.11. The topological polar surface area (TPSA) is 86.8 Å². The van der Waals surface area contributed by atoms with E-state index in [0.29, 0.717) is 24.4 Å². The van der Waals surface area contributed by atoms with Gasteiger partial charge in [0, 0.05) is 42.2 Å². The molecule has 2 aromatic heterocycles. The third-order valence-corrected chi connectivity index (χ3v) is 8.35. The van der Waals surface area contributed by atoms with Crippen molar-refractivity contribution in [2.75, 3.05) is 18.0 Å². The second-order valence-corrected chi connectivity index (χ2v) is 11.0. The summed E-state index contributed by atoms with van der Waals surface area (Å²) in [5.41, 5.74) is 3.14. The van der Waals surface area contributed by atoms with Gasteiger partial charge in [0.2, 0.25) is 0 Å². The van der Waals surface area contributed by atoms with Gasteiger partial charge in [0.1, 0.15) is 17.2 Å². The van der Waals surface area contributed by atoms with E-state index in [-0.39, 0.29) is 5.54 Å². The van der Waals surface area contributed by atoms with Crippen molar-refractivity contribution >= 4 is 17.4 Å². The molecule has 172 valence electrons. The number of rotatable bonds is 3. The molecule has 1 saturated heterocycles. The van der Waals surface area contributed by atoms with Crippen molar-refractivity contribution in [3.05, 3.63) is 58.5 Å². The van der Waals surface area contributed by atoms with Crippen molar-refractivity contribution in [3.63, 3.8) is 0 Å². The predicted molar refractivity (Wildman–Crippen MR) is 127 cm³/mol. The number of nitriles is 1. The molecule has 0 N–H and O–H groups in total. The van der Waals surface area contributed by atoms with Crippen molar-refractivity contribution in [3.8, 4) is 11.8 Å². The molecule has 7 rings (SSSR count). The van der Waals surface area contributed by atoms with Gasteiger partial charge in [0.15, 0.2) is 5.82 Å². The van der Waals surface area contributed by atoms with Crippen LogP contribution in [0.15, 0.2) is 30.6 Å². The molecule has 0 radical (unpaired) electrons. The van der Waals surface area contributed by atoms with Crippen molar-refractivity contribution < 1.29 is 0 Å². The number of hydrogen-bond donors (Lipinski definition) is 0. The number of benzene rings is 1. The molecule has 34 heavy (non-hydrogen) atoms. The molecule has 1 aromatic carbocycles. The van der Waals surface area contributed by atoms with E-state index in [0.717, 1.165) is 78.2 Å². The minimum Gasteiger partial charge on any atom is -0.354 e. The van der Waals surface area contributed by atoms with E-state index in [4.69, 9.17) is 16.7 Å². The van der Waals surface area contributed by atoms with Gasteiger partial charge >= 0.3 is 0 Å². The molecule has 8 nitrogen and oxygen atoms in total. The molecule has 0 bridgehead atoms. The monoisotopic (exact) mass is 472 g/mol. The average molecular weight is 473 g/mol. The molecule has 9 heteroatoms. The van der Waals surface area contributed by atoms with E-state index in [1.165, 1.54) is 0 Å². The number of fused-ring (bicyclic) bond motifs is 3. The van der Waals surface area contributed by atoms with E-state index in [2.05, 4.69) is 41.6 Å². The quantitative estimate of drug-likeness (QED) is 0.573. The molecule has 0 atom stereocenters.